The molecule has 0 saturated carbocycles. The molecule has 0 heterocycles. The largest absolute Gasteiger partial charge is 0.457 e. The molecular weight excluding hydrogens is 350 g/mol. The number of rotatable bonds is 4. The van der Waals surface area contributed by atoms with Crippen LogP contribution in [0.4, 0.5) is 0 Å². The number of ether oxygens (including phenoxy) is 1. The number of halogens is 2. The molecule has 0 unspecified atom stereocenters. The fourth-order valence-corrected chi connectivity index (χ4v) is 3.06. The van der Waals surface area contributed by atoms with Crippen molar-refractivity contribution in [1.82, 2.24) is 0 Å². The zero-order valence-electron chi connectivity index (χ0n) is 12.4. The van der Waals surface area contributed by atoms with Crippen molar-refractivity contribution in [1.29, 1.82) is 0 Å². The predicted octanol–water partition coefficient (Wildman–Crippen LogP) is 5.79. The maximum Gasteiger partial charge on any atom is 0.130 e. The second-order valence-electron chi connectivity index (χ2n) is 5.35. The highest BCUT2D eigenvalue weighted by molar-refractivity contribution is 9.10. The molecule has 0 atom stereocenters. The van der Waals surface area contributed by atoms with Gasteiger partial charge in [0.2, 0.25) is 0 Å². The molecule has 0 bridgehead atoms. The quantitative estimate of drug-likeness (QED) is 0.741. The maximum absolute atomic E-state index is 6.29. The van der Waals surface area contributed by atoms with Crippen LogP contribution in [0.15, 0.2) is 34.8 Å². The smallest absolute Gasteiger partial charge is 0.130 e. The molecule has 0 amide bonds. The molecule has 0 aliphatic carbocycles. The minimum Gasteiger partial charge on any atom is -0.457 e. The van der Waals surface area contributed by atoms with E-state index in [9.17, 15) is 0 Å². The molecule has 0 radical (unpaired) electrons. The van der Waals surface area contributed by atoms with Crippen LogP contribution in [0.1, 0.15) is 36.5 Å². The highest BCUT2D eigenvalue weighted by Crippen LogP contribution is 2.34. The van der Waals surface area contributed by atoms with Gasteiger partial charge >= 0.3 is 0 Å². The molecular formula is C17H19BrClNO. The molecule has 0 aliphatic heterocycles. The van der Waals surface area contributed by atoms with Gasteiger partial charge in [-0.1, -0.05) is 47.4 Å². The molecule has 0 fully saturated rings. The van der Waals surface area contributed by atoms with Crippen molar-refractivity contribution >= 4 is 27.5 Å². The summed E-state index contributed by atoms with van der Waals surface area (Å²) in [4.78, 5) is 0. The Balaban J connectivity index is 2.35. The van der Waals surface area contributed by atoms with Gasteiger partial charge < -0.3 is 10.5 Å². The van der Waals surface area contributed by atoms with Gasteiger partial charge in [0.25, 0.3) is 0 Å². The molecule has 2 N–H and O–H groups in total. The number of hydrogen-bond acceptors (Lipinski definition) is 2. The van der Waals surface area contributed by atoms with Crippen LogP contribution in [0.2, 0.25) is 5.02 Å². The number of nitrogens with two attached hydrogens (primary N) is 1. The Morgan fingerprint density at radius 2 is 1.95 bits per heavy atom. The third kappa shape index (κ3) is 3.79. The van der Waals surface area contributed by atoms with E-state index in [1.54, 1.807) is 0 Å². The van der Waals surface area contributed by atoms with Crippen LogP contribution < -0.4 is 10.5 Å². The fourth-order valence-electron chi connectivity index (χ4n) is 2.10. The van der Waals surface area contributed by atoms with E-state index >= 15 is 0 Å². The number of hydrogen-bond donors (Lipinski definition) is 1. The number of aryl methyl sites for hydroxylation is 1. The Bertz CT molecular complexity index is 655. The topological polar surface area (TPSA) is 35.2 Å². The van der Waals surface area contributed by atoms with Crippen LogP contribution in [-0.4, -0.2) is 0 Å². The monoisotopic (exact) mass is 367 g/mol. The van der Waals surface area contributed by atoms with E-state index in [1.165, 1.54) is 0 Å². The van der Waals surface area contributed by atoms with Gasteiger partial charge in [0, 0.05) is 16.0 Å². The summed E-state index contributed by atoms with van der Waals surface area (Å²) in [5.41, 5.74) is 8.83. The van der Waals surface area contributed by atoms with Crippen LogP contribution in [-0.2, 0) is 6.54 Å². The van der Waals surface area contributed by atoms with E-state index in [1.807, 2.05) is 37.3 Å². The minimum atomic E-state index is 0.354. The Hall–Kier alpha value is -1.03. The lowest BCUT2D eigenvalue weighted by atomic mass is 10.0. The van der Waals surface area contributed by atoms with E-state index in [-0.39, 0.29) is 0 Å². The summed E-state index contributed by atoms with van der Waals surface area (Å²) in [7, 11) is 0. The van der Waals surface area contributed by atoms with E-state index in [4.69, 9.17) is 22.1 Å². The Morgan fingerprint density at radius 3 is 2.52 bits per heavy atom. The molecule has 0 aromatic heterocycles. The van der Waals surface area contributed by atoms with Crippen molar-refractivity contribution in [2.45, 2.75) is 33.2 Å². The molecule has 2 rings (SSSR count). The molecule has 0 aliphatic rings. The standard InChI is InChI=1S/C17H19BrClNO/c1-10(2)14-8-17(11(3)6-16(14)19)21-13-5-4-12(9-20)15(18)7-13/h4-8,10H,9,20H2,1-3H3. The minimum absolute atomic E-state index is 0.354. The van der Waals surface area contributed by atoms with Gasteiger partial charge in [-0.2, -0.15) is 0 Å². The molecule has 112 valence electrons. The van der Waals surface area contributed by atoms with Crippen molar-refractivity contribution in [3.8, 4) is 11.5 Å². The van der Waals surface area contributed by atoms with E-state index in [0.29, 0.717) is 12.5 Å². The summed E-state index contributed by atoms with van der Waals surface area (Å²) < 4.78 is 6.96. The lowest BCUT2D eigenvalue weighted by Crippen LogP contribution is -1.98. The first-order chi connectivity index (χ1) is 9.92. The van der Waals surface area contributed by atoms with Gasteiger partial charge in [-0.3, -0.25) is 0 Å². The third-order valence-electron chi connectivity index (χ3n) is 3.39. The van der Waals surface area contributed by atoms with Crippen molar-refractivity contribution < 1.29 is 4.74 Å². The zero-order valence-corrected chi connectivity index (χ0v) is 14.8. The Morgan fingerprint density at radius 1 is 1.24 bits per heavy atom. The maximum atomic E-state index is 6.29. The van der Waals surface area contributed by atoms with Crippen LogP contribution in [0, 0.1) is 6.92 Å². The second-order valence-corrected chi connectivity index (χ2v) is 6.61. The summed E-state index contributed by atoms with van der Waals surface area (Å²) in [6.45, 7) is 6.73. The summed E-state index contributed by atoms with van der Waals surface area (Å²) in [5.74, 6) is 1.96. The third-order valence-corrected chi connectivity index (χ3v) is 4.45. The van der Waals surface area contributed by atoms with Crippen molar-refractivity contribution in [3.63, 3.8) is 0 Å². The molecule has 0 saturated heterocycles. The van der Waals surface area contributed by atoms with Crippen molar-refractivity contribution in [3.05, 3.63) is 56.5 Å². The SMILES string of the molecule is Cc1cc(Cl)c(C(C)C)cc1Oc1ccc(CN)c(Br)c1. The molecule has 21 heavy (non-hydrogen) atoms. The average Bonchev–Trinajstić information content (AvgIpc) is 2.41. The molecule has 4 heteroatoms. The zero-order chi connectivity index (χ0) is 15.6. The van der Waals surface area contributed by atoms with Crippen molar-refractivity contribution in [2.24, 2.45) is 5.73 Å². The normalized spacial score (nSPS) is 11.0. The molecule has 2 nitrogen and oxygen atoms in total. The van der Waals surface area contributed by atoms with Crippen molar-refractivity contribution in [2.75, 3.05) is 0 Å². The predicted molar refractivity (Wildman–Crippen MR) is 92.4 cm³/mol. The highest BCUT2D eigenvalue weighted by Gasteiger charge is 2.11. The van der Waals surface area contributed by atoms with Gasteiger partial charge in [0.15, 0.2) is 0 Å². The van der Waals surface area contributed by atoms with Gasteiger partial charge in [-0.15, -0.1) is 0 Å². The molecule has 2 aromatic rings. The Labute approximate surface area is 139 Å². The first-order valence-electron chi connectivity index (χ1n) is 6.88. The summed E-state index contributed by atoms with van der Waals surface area (Å²) in [5, 5.41) is 0.787. The molecule has 2 aromatic carbocycles. The van der Waals surface area contributed by atoms with Gasteiger partial charge in [-0.05, 0) is 53.8 Å². The lowest BCUT2D eigenvalue weighted by Gasteiger charge is -2.15. The summed E-state index contributed by atoms with van der Waals surface area (Å²) in [6, 6.07) is 9.80. The number of benzene rings is 2. The van der Waals surface area contributed by atoms with E-state index < -0.39 is 0 Å². The van der Waals surface area contributed by atoms with Crippen LogP contribution in [0.25, 0.3) is 0 Å². The Kier molecular flexibility index (Phi) is 5.31. The van der Waals surface area contributed by atoms with E-state index in [2.05, 4.69) is 29.8 Å². The van der Waals surface area contributed by atoms with Gasteiger partial charge in [0.05, 0.1) is 0 Å². The lowest BCUT2D eigenvalue weighted by molar-refractivity contribution is 0.477. The van der Waals surface area contributed by atoms with Crippen LogP contribution in [0.3, 0.4) is 0 Å². The van der Waals surface area contributed by atoms with Crippen LogP contribution in [0.5, 0.6) is 11.5 Å². The molecule has 0 spiro atoms. The van der Waals surface area contributed by atoms with E-state index in [0.717, 1.165) is 37.7 Å². The first kappa shape index (κ1) is 16.3. The fraction of sp³-hybridized carbons (Fsp3) is 0.294. The average molecular weight is 369 g/mol. The van der Waals surface area contributed by atoms with Gasteiger partial charge in [-0.25, -0.2) is 0 Å². The second kappa shape index (κ2) is 6.82. The summed E-state index contributed by atoms with van der Waals surface area (Å²) >= 11 is 9.79. The van der Waals surface area contributed by atoms with Gasteiger partial charge in [0.1, 0.15) is 11.5 Å². The first-order valence-corrected chi connectivity index (χ1v) is 8.06. The van der Waals surface area contributed by atoms with Crippen LogP contribution >= 0.6 is 27.5 Å². The summed E-state index contributed by atoms with van der Waals surface area (Å²) in [6.07, 6.45) is 0. The highest BCUT2D eigenvalue weighted by atomic mass is 79.9.